The highest BCUT2D eigenvalue weighted by atomic mass is 32.1. The maximum Gasteiger partial charge on any atom is 0.233 e. The lowest BCUT2D eigenvalue weighted by molar-refractivity contribution is -0.275. The first-order valence-electron chi connectivity index (χ1n) is 11.3. The fourth-order valence-corrected chi connectivity index (χ4v) is 6.73. The minimum absolute atomic E-state index is 0.165. The second-order valence-corrected chi connectivity index (χ2v) is 10.6. The molecule has 0 bridgehead atoms. The number of likely N-dealkylation sites (tertiary alicyclic amines) is 1. The van der Waals surface area contributed by atoms with Gasteiger partial charge in [-0.2, -0.15) is 0 Å². The molecule has 2 amide bonds. The van der Waals surface area contributed by atoms with E-state index in [0.29, 0.717) is 12.8 Å². The standard InChI is InChI=1S/C25H29NO6S/c1-13-7-15(8-14(2)22(13)27)20-10-19-21-18(9-16(12-31-3)25(19,30)32-20)23(28)26(24(21)29)11-17-5-4-6-33-17/h4-8,16,18-21,27,30H,9-12H2,1-3H3/t16-,18+,19+,20+,21+,25-/m1/s1. The molecule has 2 aliphatic heterocycles. The average molecular weight is 472 g/mol. The predicted octanol–water partition coefficient (Wildman–Crippen LogP) is 3.30. The number of thiophene rings is 1. The number of aliphatic hydroxyl groups is 1. The van der Waals surface area contributed by atoms with Gasteiger partial charge >= 0.3 is 0 Å². The van der Waals surface area contributed by atoms with Crippen LogP contribution in [0.25, 0.3) is 0 Å². The van der Waals surface area contributed by atoms with Crippen LogP contribution >= 0.6 is 11.3 Å². The van der Waals surface area contributed by atoms with Crippen LogP contribution in [-0.2, 0) is 25.6 Å². The summed E-state index contributed by atoms with van der Waals surface area (Å²) in [5.41, 5.74) is 2.32. The first-order valence-corrected chi connectivity index (χ1v) is 12.2. The van der Waals surface area contributed by atoms with E-state index in [1.54, 1.807) is 7.11 Å². The Labute approximate surface area is 196 Å². The lowest BCUT2D eigenvalue weighted by Gasteiger charge is -2.44. The molecular weight excluding hydrogens is 442 g/mol. The van der Waals surface area contributed by atoms with Gasteiger partial charge in [-0.05, 0) is 67.0 Å². The zero-order chi connectivity index (χ0) is 23.5. The maximum atomic E-state index is 13.5. The van der Waals surface area contributed by atoms with Gasteiger partial charge in [0, 0.05) is 23.8 Å². The number of phenolic OH excluding ortho intramolecular Hbond substituents is 1. The Kier molecular flexibility index (Phi) is 5.60. The topological polar surface area (TPSA) is 96.3 Å². The minimum atomic E-state index is -1.56. The Balaban J connectivity index is 1.49. The largest absolute Gasteiger partial charge is 0.507 e. The number of hydrogen-bond donors (Lipinski definition) is 2. The molecule has 33 heavy (non-hydrogen) atoms. The van der Waals surface area contributed by atoms with E-state index < -0.39 is 35.6 Å². The number of aromatic hydroxyl groups is 1. The summed E-state index contributed by atoms with van der Waals surface area (Å²) in [6.45, 7) is 4.16. The summed E-state index contributed by atoms with van der Waals surface area (Å²) in [6, 6.07) is 7.55. The zero-order valence-electron chi connectivity index (χ0n) is 19.0. The Bertz CT molecular complexity index is 1060. The quantitative estimate of drug-likeness (QED) is 0.650. The fraction of sp³-hybridized carbons (Fsp3) is 0.520. The summed E-state index contributed by atoms with van der Waals surface area (Å²) in [6.07, 6.45) is 0.329. The number of rotatable bonds is 5. The molecule has 2 saturated heterocycles. The van der Waals surface area contributed by atoms with Crippen LogP contribution < -0.4 is 0 Å². The van der Waals surface area contributed by atoms with E-state index in [4.69, 9.17) is 9.47 Å². The van der Waals surface area contributed by atoms with Gasteiger partial charge in [-0.1, -0.05) is 6.07 Å². The van der Waals surface area contributed by atoms with Crippen molar-refractivity contribution in [2.24, 2.45) is 23.7 Å². The summed E-state index contributed by atoms with van der Waals surface area (Å²) < 4.78 is 11.7. The zero-order valence-corrected chi connectivity index (χ0v) is 19.8. The number of aryl methyl sites for hydroxylation is 2. The second kappa shape index (κ2) is 8.20. The number of fused-ring (bicyclic) bond motifs is 3. The third kappa shape index (κ3) is 3.51. The number of carbonyl (C=O) groups is 2. The van der Waals surface area contributed by atoms with E-state index in [0.717, 1.165) is 21.6 Å². The molecule has 3 fully saturated rings. The minimum Gasteiger partial charge on any atom is -0.507 e. The fourth-order valence-electron chi connectivity index (χ4n) is 6.04. The van der Waals surface area contributed by atoms with Gasteiger partial charge in [0.25, 0.3) is 0 Å². The van der Waals surface area contributed by atoms with Crippen LogP contribution in [0.4, 0.5) is 0 Å². The number of nitrogens with zero attached hydrogens (tertiary/aromatic N) is 1. The third-order valence-electron chi connectivity index (χ3n) is 7.60. The van der Waals surface area contributed by atoms with Gasteiger partial charge in [-0.15, -0.1) is 11.3 Å². The molecule has 0 spiro atoms. The number of phenols is 1. The maximum absolute atomic E-state index is 13.5. The smallest absolute Gasteiger partial charge is 0.233 e. The predicted molar refractivity (Wildman–Crippen MR) is 121 cm³/mol. The van der Waals surface area contributed by atoms with Crippen molar-refractivity contribution in [2.45, 2.75) is 45.1 Å². The highest BCUT2D eigenvalue weighted by molar-refractivity contribution is 7.09. The van der Waals surface area contributed by atoms with E-state index in [1.807, 2.05) is 43.5 Å². The van der Waals surface area contributed by atoms with Crippen molar-refractivity contribution < 1.29 is 29.3 Å². The van der Waals surface area contributed by atoms with E-state index in [9.17, 15) is 19.8 Å². The van der Waals surface area contributed by atoms with E-state index >= 15 is 0 Å². The number of benzene rings is 1. The molecule has 3 aliphatic rings. The molecule has 1 aromatic carbocycles. The first-order chi connectivity index (χ1) is 15.7. The lowest BCUT2D eigenvalue weighted by atomic mass is 9.64. The summed E-state index contributed by atoms with van der Waals surface area (Å²) in [7, 11) is 1.56. The molecule has 0 radical (unpaired) electrons. The van der Waals surface area contributed by atoms with Crippen molar-refractivity contribution in [2.75, 3.05) is 13.7 Å². The van der Waals surface area contributed by atoms with Crippen LogP contribution in [0.2, 0.25) is 0 Å². The number of imide groups is 1. The number of ether oxygens (including phenoxy) is 2. The van der Waals surface area contributed by atoms with Crippen molar-refractivity contribution in [1.29, 1.82) is 0 Å². The Morgan fingerprint density at radius 3 is 2.58 bits per heavy atom. The van der Waals surface area contributed by atoms with Gasteiger partial charge in [-0.3, -0.25) is 14.5 Å². The molecule has 8 heteroatoms. The molecular formula is C25H29NO6S. The van der Waals surface area contributed by atoms with Crippen molar-refractivity contribution in [1.82, 2.24) is 4.90 Å². The molecule has 2 N–H and O–H groups in total. The first kappa shape index (κ1) is 22.5. The summed E-state index contributed by atoms with van der Waals surface area (Å²) >= 11 is 1.52. The van der Waals surface area contributed by atoms with Gasteiger partial charge in [0.2, 0.25) is 11.8 Å². The molecule has 1 aromatic heterocycles. The SMILES string of the molecule is COC[C@H]1C[C@@H]2C(=O)N(Cc3cccs3)C(=O)[C@@H]2[C@@H]2C[C@@H](c3cc(C)c(O)c(C)c3)O[C@]12O. The molecule has 7 nitrogen and oxygen atoms in total. The number of amides is 2. The number of carbonyl (C=O) groups excluding carboxylic acids is 2. The Morgan fingerprint density at radius 2 is 1.94 bits per heavy atom. The van der Waals surface area contributed by atoms with Gasteiger partial charge < -0.3 is 19.7 Å². The Morgan fingerprint density at radius 1 is 1.21 bits per heavy atom. The molecule has 5 rings (SSSR count). The van der Waals surface area contributed by atoms with Crippen molar-refractivity contribution in [3.8, 4) is 5.75 Å². The third-order valence-corrected chi connectivity index (χ3v) is 8.46. The molecule has 1 aliphatic carbocycles. The summed E-state index contributed by atoms with van der Waals surface area (Å²) in [5, 5.41) is 23.9. The van der Waals surface area contributed by atoms with Crippen LogP contribution in [0, 0.1) is 37.5 Å². The van der Waals surface area contributed by atoms with E-state index in [-0.39, 0.29) is 30.7 Å². The van der Waals surface area contributed by atoms with Crippen LogP contribution in [0.15, 0.2) is 29.6 Å². The summed E-state index contributed by atoms with van der Waals surface area (Å²) in [5.74, 6) is -3.73. The van der Waals surface area contributed by atoms with Gasteiger partial charge in [0.15, 0.2) is 5.79 Å². The van der Waals surface area contributed by atoms with E-state index in [1.165, 1.54) is 16.2 Å². The summed E-state index contributed by atoms with van der Waals surface area (Å²) in [4.78, 5) is 29.1. The van der Waals surface area contributed by atoms with Crippen LogP contribution in [0.5, 0.6) is 5.75 Å². The lowest BCUT2D eigenvalue weighted by Crippen LogP contribution is -2.54. The number of methoxy groups -OCH3 is 1. The van der Waals surface area contributed by atoms with Gasteiger partial charge in [0.1, 0.15) is 5.75 Å². The van der Waals surface area contributed by atoms with Gasteiger partial charge in [-0.25, -0.2) is 0 Å². The average Bonchev–Trinajstić information content (AvgIpc) is 3.47. The highest BCUT2D eigenvalue weighted by Gasteiger charge is 2.66. The van der Waals surface area contributed by atoms with Crippen LogP contribution in [0.3, 0.4) is 0 Å². The van der Waals surface area contributed by atoms with E-state index in [2.05, 4.69) is 0 Å². The Hall–Kier alpha value is -2.26. The highest BCUT2D eigenvalue weighted by Crippen LogP contribution is 2.58. The molecule has 1 saturated carbocycles. The molecule has 6 atom stereocenters. The van der Waals surface area contributed by atoms with Crippen molar-refractivity contribution in [3.63, 3.8) is 0 Å². The molecule has 176 valence electrons. The molecule has 2 aromatic rings. The molecule has 0 unspecified atom stereocenters. The normalized spacial score (nSPS) is 33.5. The van der Waals surface area contributed by atoms with Crippen molar-refractivity contribution >= 4 is 23.2 Å². The van der Waals surface area contributed by atoms with Crippen LogP contribution in [-0.4, -0.2) is 46.4 Å². The van der Waals surface area contributed by atoms with Crippen molar-refractivity contribution in [3.05, 3.63) is 51.2 Å². The van der Waals surface area contributed by atoms with Crippen LogP contribution in [0.1, 0.15) is 40.5 Å². The molecule has 3 heterocycles. The monoisotopic (exact) mass is 471 g/mol. The van der Waals surface area contributed by atoms with Gasteiger partial charge in [0.05, 0.1) is 31.1 Å². The number of hydrogen-bond acceptors (Lipinski definition) is 7. The second-order valence-electron chi connectivity index (χ2n) is 9.57.